The first kappa shape index (κ1) is 12.3. The number of nitrogens with zero attached hydrogens (tertiary/aromatic N) is 3. The average molecular weight is 259 g/mol. The Kier molecular flexibility index (Phi) is 3.27. The second-order valence-corrected chi connectivity index (χ2v) is 5.07. The lowest BCUT2D eigenvalue weighted by molar-refractivity contribution is 0.323. The van der Waals surface area contributed by atoms with Gasteiger partial charge in [0.25, 0.3) is 0 Å². The van der Waals surface area contributed by atoms with Crippen molar-refractivity contribution in [1.29, 1.82) is 0 Å². The van der Waals surface area contributed by atoms with Crippen LogP contribution < -0.4 is 10.6 Å². The highest BCUT2D eigenvalue weighted by molar-refractivity contribution is 5.46. The number of nitrogens with one attached hydrogen (secondary N) is 2. The van der Waals surface area contributed by atoms with Gasteiger partial charge in [-0.2, -0.15) is 4.98 Å². The van der Waals surface area contributed by atoms with E-state index in [1.165, 1.54) is 0 Å². The molecule has 19 heavy (non-hydrogen) atoms. The maximum absolute atomic E-state index is 5.24. The van der Waals surface area contributed by atoms with Gasteiger partial charge in [-0.3, -0.25) is 4.98 Å². The van der Waals surface area contributed by atoms with Crippen molar-refractivity contribution in [3.8, 4) is 11.5 Å². The quantitative estimate of drug-likeness (QED) is 0.852. The van der Waals surface area contributed by atoms with Gasteiger partial charge in [0.05, 0.1) is 6.54 Å². The lowest BCUT2D eigenvalue weighted by atomic mass is 10.0. The Hall–Kier alpha value is -1.79. The second-order valence-electron chi connectivity index (χ2n) is 5.07. The van der Waals surface area contributed by atoms with Crippen LogP contribution in [0.2, 0.25) is 0 Å². The van der Waals surface area contributed by atoms with Crippen LogP contribution in [0.15, 0.2) is 28.9 Å². The van der Waals surface area contributed by atoms with E-state index in [1.54, 1.807) is 6.20 Å². The third-order valence-electron chi connectivity index (χ3n) is 3.40. The molecule has 0 bridgehead atoms. The van der Waals surface area contributed by atoms with E-state index in [9.17, 15) is 0 Å². The van der Waals surface area contributed by atoms with Crippen LogP contribution in [-0.2, 0) is 6.54 Å². The summed E-state index contributed by atoms with van der Waals surface area (Å²) < 4.78 is 5.24. The lowest BCUT2D eigenvalue weighted by Crippen LogP contribution is -2.43. The van der Waals surface area contributed by atoms with E-state index in [1.807, 2.05) is 18.2 Å². The third kappa shape index (κ3) is 2.80. The summed E-state index contributed by atoms with van der Waals surface area (Å²) in [4.78, 5) is 8.55. The Morgan fingerprint density at radius 2 is 2.42 bits per heavy atom. The maximum atomic E-state index is 5.24. The molecular formula is C13H17N5O. The molecule has 3 heterocycles. The fourth-order valence-corrected chi connectivity index (χ4v) is 2.18. The molecule has 1 aliphatic rings. The third-order valence-corrected chi connectivity index (χ3v) is 3.40. The summed E-state index contributed by atoms with van der Waals surface area (Å²) in [5.74, 6) is 1.13. The molecule has 0 spiro atoms. The van der Waals surface area contributed by atoms with Crippen molar-refractivity contribution in [2.75, 3.05) is 13.1 Å². The molecule has 0 radical (unpaired) electrons. The summed E-state index contributed by atoms with van der Waals surface area (Å²) in [6, 6.07) is 5.63. The smallest absolute Gasteiger partial charge is 0.240 e. The van der Waals surface area contributed by atoms with Crippen LogP contribution in [0.3, 0.4) is 0 Å². The van der Waals surface area contributed by atoms with Gasteiger partial charge < -0.3 is 15.2 Å². The minimum Gasteiger partial charge on any atom is -0.337 e. The van der Waals surface area contributed by atoms with Crippen LogP contribution in [0.5, 0.6) is 0 Å². The first-order valence-electron chi connectivity index (χ1n) is 6.45. The molecule has 1 atom stereocenters. The van der Waals surface area contributed by atoms with Crippen molar-refractivity contribution in [3.63, 3.8) is 0 Å². The highest BCUT2D eigenvalue weighted by Crippen LogP contribution is 2.15. The molecular weight excluding hydrogens is 242 g/mol. The van der Waals surface area contributed by atoms with Crippen molar-refractivity contribution in [3.05, 3.63) is 30.3 Å². The number of hydrogen-bond acceptors (Lipinski definition) is 6. The summed E-state index contributed by atoms with van der Waals surface area (Å²) >= 11 is 0. The van der Waals surface area contributed by atoms with E-state index in [0.717, 1.165) is 25.2 Å². The van der Waals surface area contributed by atoms with E-state index < -0.39 is 0 Å². The second kappa shape index (κ2) is 5.07. The van der Waals surface area contributed by atoms with Gasteiger partial charge in [-0.1, -0.05) is 11.2 Å². The van der Waals surface area contributed by atoms with Crippen molar-refractivity contribution in [1.82, 2.24) is 25.8 Å². The predicted octanol–water partition coefficient (Wildman–Crippen LogP) is 0.973. The maximum Gasteiger partial charge on any atom is 0.240 e. The molecule has 0 aliphatic carbocycles. The Morgan fingerprint density at radius 1 is 1.47 bits per heavy atom. The molecule has 2 N–H and O–H groups in total. The van der Waals surface area contributed by atoms with E-state index in [2.05, 4.69) is 32.7 Å². The summed E-state index contributed by atoms with van der Waals surface area (Å²) in [6.07, 6.45) is 2.82. The molecule has 6 heteroatoms. The summed E-state index contributed by atoms with van der Waals surface area (Å²) in [5.41, 5.74) is 0.839. The van der Waals surface area contributed by atoms with E-state index in [0.29, 0.717) is 18.3 Å². The number of pyridine rings is 1. The predicted molar refractivity (Wildman–Crippen MR) is 70.3 cm³/mol. The zero-order valence-electron chi connectivity index (χ0n) is 10.9. The zero-order chi connectivity index (χ0) is 13.1. The van der Waals surface area contributed by atoms with E-state index >= 15 is 0 Å². The molecule has 2 aromatic rings. The summed E-state index contributed by atoms with van der Waals surface area (Å²) in [5, 5.41) is 10.8. The Morgan fingerprint density at radius 3 is 3.16 bits per heavy atom. The first-order chi connectivity index (χ1) is 9.25. The van der Waals surface area contributed by atoms with Crippen LogP contribution in [0, 0.1) is 0 Å². The fraction of sp³-hybridized carbons (Fsp3) is 0.462. The SMILES string of the molecule is CC1(NCc2nc(-c3ccccn3)no2)CCNC1. The van der Waals surface area contributed by atoms with Gasteiger partial charge in [0.1, 0.15) is 5.69 Å². The monoisotopic (exact) mass is 259 g/mol. The van der Waals surface area contributed by atoms with Gasteiger partial charge in [-0.15, -0.1) is 0 Å². The molecule has 0 amide bonds. The molecule has 100 valence electrons. The molecule has 0 aromatic carbocycles. The Labute approximate surface area is 111 Å². The first-order valence-corrected chi connectivity index (χ1v) is 6.45. The van der Waals surface area contributed by atoms with Gasteiger partial charge in [0, 0.05) is 18.3 Å². The summed E-state index contributed by atoms with van der Waals surface area (Å²) in [6.45, 7) is 4.79. The molecule has 1 unspecified atom stereocenters. The molecule has 1 aliphatic heterocycles. The molecule has 0 saturated carbocycles. The number of rotatable bonds is 4. The molecule has 1 saturated heterocycles. The largest absolute Gasteiger partial charge is 0.337 e. The Balaban J connectivity index is 1.65. The molecule has 2 aromatic heterocycles. The van der Waals surface area contributed by atoms with E-state index in [4.69, 9.17) is 4.52 Å². The van der Waals surface area contributed by atoms with Crippen molar-refractivity contribution in [2.24, 2.45) is 0 Å². The zero-order valence-corrected chi connectivity index (χ0v) is 10.9. The molecule has 6 nitrogen and oxygen atoms in total. The van der Waals surface area contributed by atoms with Crippen LogP contribution >= 0.6 is 0 Å². The Bertz CT molecular complexity index is 533. The minimum atomic E-state index is 0.111. The van der Waals surface area contributed by atoms with Crippen LogP contribution in [-0.4, -0.2) is 33.8 Å². The van der Waals surface area contributed by atoms with Crippen molar-refractivity contribution < 1.29 is 4.52 Å². The van der Waals surface area contributed by atoms with Gasteiger partial charge >= 0.3 is 0 Å². The van der Waals surface area contributed by atoms with Gasteiger partial charge in [0.2, 0.25) is 11.7 Å². The normalized spacial score (nSPS) is 22.8. The highest BCUT2D eigenvalue weighted by Gasteiger charge is 2.28. The average Bonchev–Trinajstić information content (AvgIpc) is 3.07. The van der Waals surface area contributed by atoms with Gasteiger partial charge in [-0.25, -0.2) is 0 Å². The highest BCUT2D eigenvalue weighted by atomic mass is 16.5. The number of hydrogen-bond donors (Lipinski definition) is 2. The van der Waals surface area contributed by atoms with Crippen LogP contribution in [0.4, 0.5) is 0 Å². The van der Waals surface area contributed by atoms with Crippen LogP contribution in [0.25, 0.3) is 11.5 Å². The minimum absolute atomic E-state index is 0.111. The lowest BCUT2D eigenvalue weighted by Gasteiger charge is -2.23. The van der Waals surface area contributed by atoms with Crippen molar-refractivity contribution in [2.45, 2.75) is 25.4 Å². The fourth-order valence-electron chi connectivity index (χ4n) is 2.18. The number of aromatic nitrogens is 3. The topological polar surface area (TPSA) is 75.9 Å². The van der Waals surface area contributed by atoms with Gasteiger partial charge in [-0.05, 0) is 32.0 Å². The van der Waals surface area contributed by atoms with Crippen LogP contribution in [0.1, 0.15) is 19.2 Å². The standard InChI is InChI=1S/C13H17N5O/c1-13(5-7-14-9-13)16-8-11-17-12(18-19-11)10-4-2-3-6-15-10/h2-4,6,14,16H,5,7-9H2,1H3. The molecule has 1 fully saturated rings. The van der Waals surface area contributed by atoms with Gasteiger partial charge in [0.15, 0.2) is 0 Å². The van der Waals surface area contributed by atoms with Crippen molar-refractivity contribution >= 4 is 0 Å². The summed E-state index contributed by atoms with van der Waals surface area (Å²) in [7, 11) is 0. The molecule has 3 rings (SSSR count). The van der Waals surface area contributed by atoms with E-state index in [-0.39, 0.29) is 5.54 Å².